The van der Waals surface area contributed by atoms with E-state index >= 15 is 0 Å². The van der Waals surface area contributed by atoms with Gasteiger partial charge in [-0.05, 0) is 38.1 Å². The average molecular weight is 363 g/mol. The van der Waals surface area contributed by atoms with Crippen LogP contribution in [0.5, 0.6) is 5.75 Å². The summed E-state index contributed by atoms with van der Waals surface area (Å²) in [6.07, 6.45) is 0. The first-order chi connectivity index (χ1) is 11.5. The Bertz CT molecular complexity index is 926. The smallest absolute Gasteiger partial charge is 0.253 e. The first-order valence-corrected chi connectivity index (χ1v) is 8.55. The van der Waals surface area contributed by atoms with Gasteiger partial charge in [0.25, 0.3) is 5.78 Å². The Labute approximate surface area is 148 Å². The van der Waals surface area contributed by atoms with Crippen molar-refractivity contribution in [3.05, 3.63) is 46.2 Å². The van der Waals surface area contributed by atoms with E-state index in [2.05, 4.69) is 15.1 Å². The molecular weight excluding hydrogens is 348 g/mol. The fourth-order valence-electron chi connectivity index (χ4n) is 2.26. The van der Waals surface area contributed by atoms with Crippen LogP contribution in [0.15, 0.2) is 29.4 Å². The van der Waals surface area contributed by atoms with E-state index in [1.807, 2.05) is 19.9 Å². The van der Waals surface area contributed by atoms with Gasteiger partial charge in [-0.3, -0.25) is 4.79 Å². The van der Waals surface area contributed by atoms with E-state index in [0.29, 0.717) is 27.3 Å². The molecule has 0 radical (unpaired) electrons. The fraction of sp³-hybridized carbons (Fsp3) is 0.250. The summed E-state index contributed by atoms with van der Waals surface area (Å²) in [7, 11) is 1.53. The van der Waals surface area contributed by atoms with Crippen molar-refractivity contribution in [2.24, 2.45) is 0 Å². The number of hydrogen-bond donors (Lipinski definition) is 0. The van der Waals surface area contributed by atoms with Gasteiger partial charge in [-0.15, -0.1) is 5.10 Å². The highest BCUT2D eigenvalue weighted by Gasteiger charge is 2.13. The lowest BCUT2D eigenvalue weighted by Crippen LogP contribution is -2.03. The van der Waals surface area contributed by atoms with Crippen molar-refractivity contribution in [1.82, 2.24) is 19.6 Å². The third kappa shape index (κ3) is 3.37. The van der Waals surface area contributed by atoms with E-state index in [9.17, 15) is 4.79 Å². The van der Waals surface area contributed by atoms with E-state index in [1.54, 1.807) is 22.7 Å². The Morgan fingerprint density at radius 1 is 1.29 bits per heavy atom. The third-order valence-electron chi connectivity index (χ3n) is 3.40. The number of halogens is 1. The molecule has 0 N–H and O–H groups in total. The molecule has 3 rings (SSSR count). The van der Waals surface area contributed by atoms with E-state index in [0.717, 1.165) is 11.4 Å². The van der Waals surface area contributed by atoms with Crippen LogP contribution in [0.1, 0.15) is 21.7 Å². The van der Waals surface area contributed by atoms with E-state index in [-0.39, 0.29) is 11.5 Å². The first kappa shape index (κ1) is 16.7. The zero-order valence-corrected chi connectivity index (χ0v) is 15.0. The number of aromatic nitrogens is 4. The van der Waals surface area contributed by atoms with Crippen molar-refractivity contribution in [2.75, 3.05) is 12.9 Å². The molecule has 0 aliphatic rings. The molecule has 3 aromatic rings. The van der Waals surface area contributed by atoms with Gasteiger partial charge in [0, 0.05) is 17.0 Å². The monoisotopic (exact) mass is 362 g/mol. The highest BCUT2D eigenvalue weighted by molar-refractivity contribution is 7.99. The number of thioether (sulfide) groups is 1. The number of ketones is 1. The van der Waals surface area contributed by atoms with E-state index in [4.69, 9.17) is 16.3 Å². The Hall–Kier alpha value is -2.12. The summed E-state index contributed by atoms with van der Waals surface area (Å²) in [5, 5.41) is 5.30. The van der Waals surface area contributed by atoms with Crippen LogP contribution in [-0.2, 0) is 0 Å². The SMILES string of the molecule is COc1ccc(C(=O)CSc2nc3nc(C)cc(C)n3n2)cc1Cl. The van der Waals surface area contributed by atoms with Crippen LogP contribution in [-0.4, -0.2) is 38.2 Å². The van der Waals surface area contributed by atoms with Crippen molar-refractivity contribution >= 4 is 34.9 Å². The van der Waals surface area contributed by atoms with Crippen molar-refractivity contribution in [1.29, 1.82) is 0 Å². The molecule has 0 fully saturated rings. The van der Waals surface area contributed by atoms with Gasteiger partial charge in [-0.25, -0.2) is 9.50 Å². The van der Waals surface area contributed by atoms with Crippen LogP contribution in [0.4, 0.5) is 0 Å². The minimum Gasteiger partial charge on any atom is -0.495 e. The molecule has 0 saturated heterocycles. The maximum Gasteiger partial charge on any atom is 0.253 e. The number of carbonyl (C=O) groups excluding carboxylic acids is 1. The molecular formula is C16H15ClN4O2S. The zero-order valence-electron chi connectivity index (χ0n) is 13.4. The Morgan fingerprint density at radius 2 is 2.08 bits per heavy atom. The van der Waals surface area contributed by atoms with Crippen molar-refractivity contribution in [3.8, 4) is 5.75 Å². The Balaban J connectivity index is 1.74. The third-order valence-corrected chi connectivity index (χ3v) is 4.54. The molecule has 8 heteroatoms. The van der Waals surface area contributed by atoms with Crippen LogP contribution in [0.2, 0.25) is 5.02 Å². The fourth-order valence-corrected chi connectivity index (χ4v) is 3.23. The quantitative estimate of drug-likeness (QED) is 0.512. The number of Topliss-reactive ketones (excluding diaryl/α,β-unsaturated/α-hetero) is 1. The molecule has 124 valence electrons. The van der Waals surface area contributed by atoms with Gasteiger partial charge >= 0.3 is 0 Å². The van der Waals surface area contributed by atoms with Crippen LogP contribution in [0.3, 0.4) is 0 Å². The molecule has 0 spiro atoms. The van der Waals surface area contributed by atoms with Crippen LogP contribution in [0.25, 0.3) is 5.78 Å². The molecule has 0 unspecified atom stereocenters. The summed E-state index contributed by atoms with van der Waals surface area (Å²) in [4.78, 5) is 21.0. The first-order valence-electron chi connectivity index (χ1n) is 7.18. The van der Waals surface area contributed by atoms with Crippen molar-refractivity contribution in [2.45, 2.75) is 19.0 Å². The molecule has 0 atom stereocenters. The lowest BCUT2D eigenvalue weighted by molar-refractivity contribution is 0.102. The molecule has 1 aromatic carbocycles. The van der Waals surface area contributed by atoms with Crippen LogP contribution < -0.4 is 4.74 Å². The number of fused-ring (bicyclic) bond motifs is 1. The topological polar surface area (TPSA) is 69.4 Å². The summed E-state index contributed by atoms with van der Waals surface area (Å²) >= 11 is 7.33. The number of benzene rings is 1. The van der Waals surface area contributed by atoms with Gasteiger partial charge in [-0.2, -0.15) is 4.98 Å². The minimum atomic E-state index is -0.0516. The van der Waals surface area contributed by atoms with Gasteiger partial charge < -0.3 is 4.74 Å². The molecule has 0 amide bonds. The largest absolute Gasteiger partial charge is 0.495 e. The van der Waals surface area contributed by atoms with Crippen molar-refractivity contribution in [3.63, 3.8) is 0 Å². The number of nitrogens with zero attached hydrogens (tertiary/aromatic N) is 4. The van der Waals surface area contributed by atoms with Gasteiger partial charge in [-0.1, -0.05) is 23.4 Å². The van der Waals surface area contributed by atoms with Crippen molar-refractivity contribution < 1.29 is 9.53 Å². The molecule has 0 saturated carbocycles. The maximum atomic E-state index is 12.3. The highest BCUT2D eigenvalue weighted by atomic mass is 35.5. The average Bonchev–Trinajstić information content (AvgIpc) is 2.95. The highest BCUT2D eigenvalue weighted by Crippen LogP contribution is 2.26. The molecule has 24 heavy (non-hydrogen) atoms. The predicted octanol–water partition coefficient (Wildman–Crippen LogP) is 3.38. The number of aryl methyl sites for hydroxylation is 2. The second-order valence-corrected chi connectivity index (χ2v) is 6.56. The summed E-state index contributed by atoms with van der Waals surface area (Å²) in [5.74, 6) is 1.25. The predicted molar refractivity (Wildman–Crippen MR) is 93.3 cm³/mol. The zero-order chi connectivity index (χ0) is 17.3. The molecule has 0 aliphatic carbocycles. The summed E-state index contributed by atoms with van der Waals surface area (Å²) in [5.41, 5.74) is 2.36. The van der Waals surface area contributed by atoms with Crippen LogP contribution >= 0.6 is 23.4 Å². The van der Waals surface area contributed by atoms with E-state index < -0.39 is 0 Å². The maximum absolute atomic E-state index is 12.3. The summed E-state index contributed by atoms with van der Waals surface area (Å²) in [6.45, 7) is 3.85. The second-order valence-electron chi connectivity index (χ2n) is 5.21. The summed E-state index contributed by atoms with van der Waals surface area (Å²) < 4.78 is 6.76. The normalized spacial score (nSPS) is 11.0. The standard InChI is InChI=1S/C16H15ClN4O2S/c1-9-6-10(2)21-15(18-9)19-16(20-21)24-8-13(22)11-4-5-14(23-3)12(17)7-11/h4-7H,8H2,1-3H3. The Morgan fingerprint density at radius 3 is 2.79 bits per heavy atom. The van der Waals surface area contributed by atoms with E-state index in [1.165, 1.54) is 18.9 Å². The van der Waals surface area contributed by atoms with Gasteiger partial charge in [0.15, 0.2) is 5.78 Å². The number of hydrogen-bond acceptors (Lipinski definition) is 6. The van der Waals surface area contributed by atoms with Crippen LogP contribution in [0, 0.1) is 13.8 Å². The lowest BCUT2D eigenvalue weighted by Gasteiger charge is -2.04. The number of carbonyl (C=O) groups is 1. The minimum absolute atomic E-state index is 0.0516. The molecule has 2 heterocycles. The number of methoxy groups -OCH3 is 1. The molecule has 0 bridgehead atoms. The lowest BCUT2D eigenvalue weighted by atomic mass is 10.1. The van der Waals surface area contributed by atoms with Gasteiger partial charge in [0.2, 0.25) is 5.16 Å². The molecule has 2 aromatic heterocycles. The second kappa shape index (κ2) is 6.78. The Kier molecular flexibility index (Phi) is 4.73. The van der Waals surface area contributed by atoms with Gasteiger partial charge in [0.1, 0.15) is 5.75 Å². The number of ether oxygens (including phenoxy) is 1. The molecule has 6 nitrogen and oxygen atoms in total. The molecule has 0 aliphatic heterocycles. The van der Waals surface area contributed by atoms with Gasteiger partial charge in [0.05, 0.1) is 17.9 Å². The number of rotatable bonds is 5. The summed E-state index contributed by atoms with van der Waals surface area (Å²) in [6, 6.07) is 6.91.